The number of benzene rings is 2. The van der Waals surface area contributed by atoms with Gasteiger partial charge in [-0.05, 0) is 35.9 Å². The van der Waals surface area contributed by atoms with Crippen LogP contribution < -0.4 is 15.5 Å². The second-order valence-corrected chi connectivity index (χ2v) is 4.88. The van der Waals surface area contributed by atoms with Gasteiger partial charge in [-0.25, -0.2) is 5.43 Å². The highest BCUT2D eigenvalue weighted by molar-refractivity contribution is 6.39. The number of rotatable bonds is 4. The van der Waals surface area contributed by atoms with Crippen LogP contribution in [0.4, 0.5) is 5.69 Å². The van der Waals surface area contributed by atoms with E-state index in [0.717, 1.165) is 5.56 Å². The van der Waals surface area contributed by atoms with E-state index < -0.39 is 11.8 Å². The largest absolute Gasteiger partial charge is 0.497 e. The van der Waals surface area contributed by atoms with Gasteiger partial charge in [0.2, 0.25) is 0 Å². The minimum absolute atomic E-state index is 0.425. The summed E-state index contributed by atoms with van der Waals surface area (Å²) in [4.78, 5) is 23.4. The summed E-state index contributed by atoms with van der Waals surface area (Å²) in [5.74, 6) is -1.06. The molecule has 118 valence electrons. The van der Waals surface area contributed by atoms with E-state index in [2.05, 4.69) is 15.8 Å². The second kappa shape index (κ2) is 7.95. The third-order valence-electron chi connectivity index (χ3n) is 2.76. The van der Waals surface area contributed by atoms with Gasteiger partial charge >= 0.3 is 11.8 Å². The van der Waals surface area contributed by atoms with Gasteiger partial charge in [0.25, 0.3) is 0 Å². The molecule has 0 aliphatic heterocycles. The molecule has 2 amide bonds. The summed E-state index contributed by atoms with van der Waals surface area (Å²) in [7, 11) is 1.55. The summed E-state index contributed by atoms with van der Waals surface area (Å²) >= 11 is 5.80. The molecular weight excluding hydrogens is 318 g/mol. The maximum atomic E-state index is 11.7. The van der Waals surface area contributed by atoms with Crippen LogP contribution in [0.5, 0.6) is 5.75 Å². The Hall–Kier alpha value is -2.86. The van der Waals surface area contributed by atoms with Crippen LogP contribution >= 0.6 is 11.6 Å². The Morgan fingerprint density at radius 3 is 2.65 bits per heavy atom. The number of carbonyl (C=O) groups excluding carboxylic acids is 2. The van der Waals surface area contributed by atoms with E-state index in [1.807, 2.05) is 0 Å². The van der Waals surface area contributed by atoms with Crippen LogP contribution in [0.2, 0.25) is 5.02 Å². The maximum Gasteiger partial charge on any atom is 0.329 e. The molecule has 7 heteroatoms. The molecule has 2 aromatic rings. The summed E-state index contributed by atoms with van der Waals surface area (Å²) < 4.78 is 5.07. The van der Waals surface area contributed by atoms with Crippen LogP contribution in [-0.4, -0.2) is 25.1 Å². The standard InChI is InChI=1S/C16H14ClN3O3/c1-23-14-7-2-4-11(8-14)10-18-20-16(22)15(21)19-13-6-3-5-12(17)9-13/h2-10H,1H3,(H,19,21)(H,20,22). The highest BCUT2D eigenvalue weighted by Crippen LogP contribution is 2.14. The fourth-order valence-electron chi connectivity index (χ4n) is 1.69. The van der Waals surface area contributed by atoms with Gasteiger partial charge in [0.1, 0.15) is 5.75 Å². The lowest BCUT2D eigenvalue weighted by Gasteiger charge is -2.04. The SMILES string of the molecule is COc1cccc(C=NNC(=O)C(=O)Nc2cccc(Cl)c2)c1. The van der Waals surface area contributed by atoms with Crippen molar-refractivity contribution in [1.29, 1.82) is 0 Å². The summed E-state index contributed by atoms with van der Waals surface area (Å²) in [6.45, 7) is 0. The lowest BCUT2D eigenvalue weighted by atomic mass is 10.2. The summed E-state index contributed by atoms with van der Waals surface area (Å²) in [5.41, 5.74) is 3.30. The maximum absolute atomic E-state index is 11.7. The number of anilines is 1. The summed E-state index contributed by atoms with van der Waals surface area (Å²) in [5, 5.41) is 6.61. The highest BCUT2D eigenvalue weighted by atomic mass is 35.5. The average Bonchev–Trinajstić information content (AvgIpc) is 2.55. The van der Waals surface area contributed by atoms with Crippen molar-refractivity contribution in [3.8, 4) is 5.75 Å². The van der Waals surface area contributed by atoms with Crippen LogP contribution in [0.15, 0.2) is 53.6 Å². The van der Waals surface area contributed by atoms with Crippen molar-refractivity contribution in [3.05, 3.63) is 59.1 Å². The Morgan fingerprint density at radius 2 is 1.91 bits per heavy atom. The van der Waals surface area contributed by atoms with Crippen LogP contribution in [0.3, 0.4) is 0 Å². The molecule has 0 aliphatic carbocycles. The molecule has 6 nitrogen and oxygen atoms in total. The molecule has 0 atom stereocenters. The van der Waals surface area contributed by atoms with Gasteiger partial charge in [-0.3, -0.25) is 9.59 Å². The topological polar surface area (TPSA) is 79.8 Å². The predicted molar refractivity (Wildman–Crippen MR) is 88.8 cm³/mol. The minimum atomic E-state index is -0.885. The van der Waals surface area contributed by atoms with Crippen LogP contribution in [0.25, 0.3) is 0 Å². The molecule has 0 unspecified atom stereocenters. The molecule has 0 heterocycles. The number of carbonyl (C=O) groups is 2. The van der Waals surface area contributed by atoms with Gasteiger partial charge in [-0.1, -0.05) is 29.8 Å². The first-order valence-corrected chi connectivity index (χ1v) is 7.00. The van der Waals surface area contributed by atoms with E-state index in [1.165, 1.54) is 12.3 Å². The molecule has 0 aliphatic rings. The van der Waals surface area contributed by atoms with Crippen molar-refractivity contribution >= 4 is 35.3 Å². The van der Waals surface area contributed by atoms with Crippen LogP contribution in [-0.2, 0) is 9.59 Å². The zero-order valence-electron chi connectivity index (χ0n) is 12.2. The summed E-state index contributed by atoms with van der Waals surface area (Å²) in [6, 6.07) is 13.6. The normalized spacial score (nSPS) is 10.3. The van der Waals surface area contributed by atoms with Crippen molar-refractivity contribution in [3.63, 3.8) is 0 Å². The van der Waals surface area contributed by atoms with Gasteiger partial charge in [0.05, 0.1) is 13.3 Å². The zero-order valence-corrected chi connectivity index (χ0v) is 13.0. The Morgan fingerprint density at radius 1 is 1.13 bits per heavy atom. The monoisotopic (exact) mass is 331 g/mol. The minimum Gasteiger partial charge on any atom is -0.497 e. The number of ether oxygens (including phenoxy) is 1. The number of halogens is 1. The molecule has 0 radical (unpaired) electrons. The lowest BCUT2D eigenvalue weighted by Crippen LogP contribution is -2.32. The molecular formula is C16H14ClN3O3. The van der Waals surface area contributed by atoms with E-state index in [4.69, 9.17) is 16.3 Å². The van der Waals surface area contributed by atoms with Crippen molar-refractivity contribution in [1.82, 2.24) is 5.43 Å². The number of methoxy groups -OCH3 is 1. The predicted octanol–water partition coefficient (Wildman–Crippen LogP) is 2.44. The third kappa shape index (κ3) is 5.12. The van der Waals surface area contributed by atoms with Gasteiger partial charge < -0.3 is 10.1 Å². The molecule has 0 aromatic heterocycles. The van der Waals surface area contributed by atoms with Crippen molar-refractivity contribution in [2.45, 2.75) is 0 Å². The molecule has 0 fully saturated rings. The quantitative estimate of drug-likeness (QED) is 0.513. The summed E-state index contributed by atoms with van der Waals surface area (Å²) in [6.07, 6.45) is 1.41. The first-order valence-electron chi connectivity index (χ1n) is 6.62. The van der Waals surface area contributed by atoms with Crippen molar-refractivity contribution in [2.75, 3.05) is 12.4 Å². The van der Waals surface area contributed by atoms with Gasteiger partial charge in [-0.2, -0.15) is 5.10 Å². The highest BCUT2D eigenvalue weighted by Gasteiger charge is 2.12. The Labute approximate surface area is 138 Å². The number of nitrogens with one attached hydrogen (secondary N) is 2. The first-order chi connectivity index (χ1) is 11.1. The smallest absolute Gasteiger partial charge is 0.329 e. The molecule has 0 saturated heterocycles. The fourth-order valence-corrected chi connectivity index (χ4v) is 1.88. The number of amides is 2. The van der Waals surface area contributed by atoms with Gasteiger partial charge in [0.15, 0.2) is 0 Å². The number of hydrogen-bond donors (Lipinski definition) is 2. The fraction of sp³-hybridized carbons (Fsp3) is 0.0625. The van der Waals surface area contributed by atoms with E-state index in [-0.39, 0.29) is 0 Å². The first kappa shape index (κ1) is 16.5. The number of hydrogen-bond acceptors (Lipinski definition) is 4. The number of hydrazone groups is 1. The molecule has 0 spiro atoms. The van der Waals surface area contributed by atoms with Crippen LogP contribution in [0, 0.1) is 0 Å². The third-order valence-corrected chi connectivity index (χ3v) is 3.00. The van der Waals surface area contributed by atoms with Gasteiger partial charge in [0, 0.05) is 10.7 Å². The van der Waals surface area contributed by atoms with Gasteiger partial charge in [-0.15, -0.1) is 0 Å². The molecule has 0 bridgehead atoms. The molecule has 0 saturated carbocycles. The van der Waals surface area contributed by atoms with E-state index in [1.54, 1.807) is 49.6 Å². The molecule has 2 rings (SSSR count). The van der Waals surface area contributed by atoms with Crippen molar-refractivity contribution < 1.29 is 14.3 Å². The second-order valence-electron chi connectivity index (χ2n) is 4.44. The lowest BCUT2D eigenvalue weighted by molar-refractivity contribution is -0.136. The Kier molecular flexibility index (Phi) is 5.71. The van der Waals surface area contributed by atoms with E-state index in [9.17, 15) is 9.59 Å². The zero-order chi connectivity index (χ0) is 16.7. The van der Waals surface area contributed by atoms with E-state index >= 15 is 0 Å². The molecule has 2 N–H and O–H groups in total. The van der Waals surface area contributed by atoms with E-state index in [0.29, 0.717) is 16.5 Å². The Balaban J connectivity index is 1.90. The molecule has 23 heavy (non-hydrogen) atoms. The average molecular weight is 332 g/mol. The molecule has 2 aromatic carbocycles. The Bertz CT molecular complexity index is 747. The van der Waals surface area contributed by atoms with Crippen molar-refractivity contribution in [2.24, 2.45) is 5.10 Å². The number of nitrogens with zero attached hydrogens (tertiary/aromatic N) is 1. The van der Waals surface area contributed by atoms with Crippen LogP contribution in [0.1, 0.15) is 5.56 Å².